The zero-order chi connectivity index (χ0) is 18.3. The number of hydrogen-bond acceptors (Lipinski definition) is 5. The Kier molecular flexibility index (Phi) is 4.04. The summed E-state index contributed by atoms with van der Waals surface area (Å²) >= 11 is 0. The zero-order valence-corrected chi connectivity index (χ0v) is 13.9. The van der Waals surface area contributed by atoms with E-state index in [0.29, 0.717) is 6.54 Å². The third kappa shape index (κ3) is 2.55. The number of rotatable bonds is 3. The van der Waals surface area contributed by atoms with Crippen LogP contribution in [0.25, 0.3) is 0 Å². The van der Waals surface area contributed by atoms with Crippen LogP contribution in [0.2, 0.25) is 0 Å². The highest BCUT2D eigenvalue weighted by Crippen LogP contribution is 2.37. The van der Waals surface area contributed by atoms with Crippen molar-refractivity contribution in [2.45, 2.75) is 13.3 Å². The maximum absolute atomic E-state index is 12.7. The van der Waals surface area contributed by atoms with Gasteiger partial charge in [0.15, 0.2) is 5.78 Å². The summed E-state index contributed by atoms with van der Waals surface area (Å²) in [7, 11) is 1.63. The summed E-state index contributed by atoms with van der Waals surface area (Å²) in [6, 6.07) is 6.73. The predicted octanol–water partition coefficient (Wildman–Crippen LogP) is 2.36. The fourth-order valence-corrected chi connectivity index (χ4v) is 3.06. The smallest absolute Gasteiger partial charge is 0.253 e. The van der Waals surface area contributed by atoms with E-state index in [1.54, 1.807) is 7.05 Å². The van der Waals surface area contributed by atoms with Gasteiger partial charge in [-0.2, -0.15) is 0 Å². The maximum Gasteiger partial charge on any atom is 0.253 e. The first-order valence-corrected chi connectivity index (χ1v) is 7.90. The van der Waals surface area contributed by atoms with Crippen LogP contribution in [0.1, 0.15) is 55.5 Å². The van der Waals surface area contributed by atoms with Crippen LogP contribution in [0, 0.1) is 0 Å². The Morgan fingerprint density at radius 2 is 1.68 bits per heavy atom. The third-order valence-corrected chi connectivity index (χ3v) is 4.26. The molecule has 0 unspecified atom stereocenters. The fraction of sp³-hybridized carbons (Fsp3) is 0.211. The van der Waals surface area contributed by atoms with Crippen LogP contribution < -0.4 is 0 Å². The molecule has 0 fully saturated rings. The van der Waals surface area contributed by atoms with Crippen molar-refractivity contribution in [2.75, 3.05) is 13.6 Å². The number of nitrogens with zero attached hydrogens (tertiary/aromatic N) is 1. The van der Waals surface area contributed by atoms with Gasteiger partial charge in [0.1, 0.15) is 11.5 Å². The Morgan fingerprint density at radius 3 is 2.36 bits per heavy atom. The molecule has 0 atom stereocenters. The van der Waals surface area contributed by atoms with Gasteiger partial charge in [0.2, 0.25) is 5.78 Å². The Bertz CT molecular complexity index is 916. The van der Waals surface area contributed by atoms with E-state index < -0.39 is 17.3 Å². The van der Waals surface area contributed by atoms with Gasteiger partial charge in [-0.25, -0.2) is 0 Å². The minimum absolute atomic E-state index is 0.0312. The van der Waals surface area contributed by atoms with Crippen molar-refractivity contribution in [2.24, 2.45) is 0 Å². The molecule has 128 valence electrons. The van der Waals surface area contributed by atoms with E-state index in [2.05, 4.69) is 0 Å². The van der Waals surface area contributed by atoms with Crippen LogP contribution in [0.5, 0.6) is 11.5 Å². The predicted molar refractivity (Wildman–Crippen MR) is 90.3 cm³/mol. The first-order chi connectivity index (χ1) is 11.9. The number of amides is 1. The molecule has 0 spiro atoms. The summed E-state index contributed by atoms with van der Waals surface area (Å²) in [6.45, 7) is 2.46. The van der Waals surface area contributed by atoms with E-state index in [9.17, 15) is 24.6 Å². The Labute approximate surface area is 144 Å². The second kappa shape index (κ2) is 6.05. The van der Waals surface area contributed by atoms with E-state index in [-0.39, 0.29) is 39.5 Å². The average molecular weight is 339 g/mol. The van der Waals surface area contributed by atoms with Crippen molar-refractivity contribution in [1.29, 1.82) is 0 Å². The molecule has 2 aromatic rings. The quantitative estimate of drug-likeness (QED) is 0.764. The normalized spacial score (nSPS) is 12.6. The van der Waals surface area contributed by atoms with Crippen molar-refractivity contribution in [3.05, 3.63) is 58.1 Å². The van der Waals surface area contributed by atoms with Gasteiger partial charge in [-0.3, -0.25) is 14.4 Å². The molecule has 0 saturated heterocycles. The lowest BCUT2D eigenvalue weighted by atomic mass is 9.82. The van der Waals surface area contributed by atoms with Gasteiger partial charge in [-0.15, -0.1) is 0 Å². The molecule has 0 heterocycles. The van der Waals surface area contributed by atoms with Crippen LogP contribution in [0.4, 0.5) is 0 Å². The molecule has 3 rings (SSSR count). The highest BCUT2D eigenvalue weighted by Gasteiger charge is 2.35. The van der Waals surface area contributed by atoms with Gasteiger partial charge >= 0.3 is 0 Å². The number of phenols is 2. The average Bonchev–Trinajstić information content (AvgIpc) is 2.58. The van der Waals surface area contributed by atoms with E-state index >= 15 is 0 Å². The molecule has 2 aromatic carbocycles. The first-order valence-electron chi connectivity index (χ1n) is 7.90. The highest BCUT2D eigenvalue weighted by molar-refractivity contribution is 6.30. The topological polar surface area (TPSA) is 94.9 Å². The molecular weight excluding hydrogens is 322 g/mol. The van der Waals surface area contributed by atoms with Crippen molar-refractivity contribution in [3.63, 3.8) is 0 Å². The molecule has 6 nitrogen and oxygen atoms in total. The number of ketones is 2. The molecular formula is C19H17NO5. The Morgan fingerprint density at radius 1 is 1.00 bits per heavy atom. The van der Waals surface area contributed by atoms with Gasteiger partial charge in [-0.1, -0.05) is 19.1 Å². The van der Waals surface area contributed by atoms with Gasteiger partial charge in [0, 0.05) is 30.3 Å². The van der Waals surface area contributed by atoms with E-state index in [1.807, 2.05) is 6.92 Å². The maximum atomic E-state index is 12.7. The summed E-state index contributed by atoms with van der Waals surface area (Å²) in [5.41, 5.74) is -0.150. The van der Waals surface area contributed by atoms with Crippen LogP contribution >= 0.6 is 0 Å². The summed E-state index contributed by atoms with van der Waals surface area (Å²) in [5, 5.41) is 20.2. The van der Waals surface area contributed by atoms with Gasteiger partial charge in [0.05, 0.1) is 11.1 Å². The molecule has 0 saturated carbocycles. The molecule has 6 heteroatoms. The second-order valence-corrected chi connectivity index (χ2v) is 6.00. The highest BCUT2D eigenvalue weighted by atomic mass is 16.3. The van der Waals surface area contributed by atoms with E-state index in [4.69, 9.17) is 0 Å². The van der Waals surface area contributed by atoms with E-state index in [0.717, 1.165) is 6.42 Å². The largest absolute Gasteiger partial charge is 0.507 e. The van der Waals surface area contributed by atoms with E-state index in [1.165, 1.54) is 35.2 Å². The van der Waals surface area contributed by atoms with Crippen molar-refractivity contribution < 1.29 is 24.6 Å². The molecule has 0 bridgehead atoms. The standard InChI is InChI=1S/C19H17NO5/c1-3-7-20(2)19(25)10-8-12-16(14(22)9-10)18(24)15-11(17(12)23)5-4-6-13(15)21/h4-6,8-9,21-22H,3,7H2,1-2H3. The zero-order valence-electron chi connectivity index (χ0n) is 13.9. The SMILES string of the molecule is CCCN(C)C(=O)c1cc(O)c2c(c1)C(=O)c1cccc(O)c1C2=O. The van der Waals surface area contributed by atoms with Crippen LogP contribution in [-0.2, 0) is 0 Å². The summed E-state index contributed by atoms with van der Waals surface area (Å²) < 4.78 is 0. The lowest BCUT2D eigenvalue weighted by Gasteiger charge is -2.21. The summed E-state index contributed by atoms with van der Waals surface area (Å²) in [5.74, 6) is -2.26. The summed E-state index contributed by atoms with van der Waals surface area (Å²) in [4.78, 5) is 39.3. The second-order valence-electron chi connectivity index (χ2n) is 6.00. The number of phenolic OH excluding ortho intramolecular Hbond substituents is 2. The van der Waals surface area contributed by atoms with Gasteiger partial charge in [0.25, 0.3) is 5.91 Å². The van der Waals surface area contributed by atoms with Crippen LogP contribution in [0.15, 0.2) is 30.3 Å². The molecule has 0 aromatic heterocycles. The Hall–Kier alpha value is -3.15. The third-order valence-electron chi connectivity index (χ3n) is 4.26. The number of carbonyl (C=O) groups excluding carboxylic acids is 3. The van der Waals surface area contributed by atoms with Gasteiger partial charge in [-0.05, 0) is 24.6 Å². The summed E-state index contributed by atoms with van der Waals surface area (Å²) in [6.07, 6.45) is 0.767. The van der Waals surface area contributed by atoms with Crippen molar-refractivity contribution in [1.82, 2.24) is 4.90 Å². The number of fused-ring (bicyclic) bond motifs is 2. The number of hydrogen-bond donors (Lipinski definition) is 2. The Balaban J connectivity index is 2.16. The number of carbonyl (C=O) groups is 3. The van der Waals surface area contributed by atoms with Crippen LogP contribution in [-0.4, -0.2) is 46.2 Å². The minimum Gasteiger partial charge on any atom is -0.507 e. The minimum atomic E-state index is -0.638. The first kappa shape index (κ1) is 16.7. The van der Waals surface area contributed by atoms with Gasteiger partial charge < -0.3 is 15.1 Å². The fourth-order valence-electron chi connectivity index (χ4n) is 3.06. The lowest BCUT2D eigenvalue weighted by molar-refractivity contribution is 0.0794. The number of aromatic hydroxyl groups is 2. The monoisotopic (exact) mass is 339 g/mol. The molecule has 1 amide bonds. The lowest BCUT2D eigenvalue weighted by Crippen LogP contribution is -2.28. The molecule has 25 heavy (non-hydrogen) atoms. The molecule has 0 aliphatic heterocycles. The molecule has 0 radical (unpaired) electrons. The van der Waals surface area contributed by atoms with Crippen molar-refractivity contribution in [3.8, 4) is 11.5 Å². The molecule has 1 aliphatic carbocycles. The number of benzene rings is 2. The molecule has 1 aliphatic rings. The van der Waals surface area contributed by atoms with Crippen LogP contribution in [0.3, 0.4) is 0 Å². The molecule has 2 N–H and O–H groups in total. The van der Waals surface area contributed by atoms with Crippen molar-refractivity contribution >= 4 is 17.5 Å².